The molecule has 0 spiro atoms. The van der Waals surface area contributed by atoms with E-state index < -0.39 is 17.4 Å². The van der Waals surface area contributed by atoms with Gasteiger partial charge in [0, 0.05) is 30.6 Å². The summed E-state index contributed by atoms with van der Waals surface area (Å²) >= 11 is 1.51. The van der Waals surface area contributed by atoms with Gasteiger partial charge in [0.2, 0.25) is 0 Å². The van der Waals surface area contributed by atoms with E-state index in [-0.39, 0.29) is 5.91 Å². The summed E-state index contributed by atoms with van der Waals surface area (Å²) in [5.74, 6) is 1.11. The van der Waals surface area contributed by atoms with Crippen molar-refractivity contribution in [1.29, 1.82) is 0 Å². The first-order chi connectivity index (χ1) is 16.9. The molecule has 8 nitrogen and oxygen atoms in total. The van der Waals surface area contributed by atoms with Gasteiger partial charge in [0.15, 0.2) is 6.10 Å². The van der Waals surface area contributed by atoms with E-state index in [0.717, 1.165) is 29.0 Å². The number of carbonyl (C=O) groups excluding carboxylic acids is 2. The molecule has 1 aliphatic heterocycles. The first kappa shape index (κ1) is 26.7. The number of fused-ring (bicyclic) bond motifs is 1. The standard InChI is InChI=1S/C26H35N3O5S/c1-6-7-14-27-26(31)34-23-24(18-8-10-19(32-4)11-9-18)35-22-13-12-20(33-5)17-21(22)29(25(23)30)16-15-28(2)3/h8-13,17,23-24H,6-7,14-16H2,1-5H3,(H,27,31)/t23-,24+/m0/s1. The highest BCUT2D eigenvalue weighted by Crippen LogP contribution is 2.47. The van der Waals surface area contributed by atoms with Crippen LogP contribution in [-0.4, -0.2) is 71.0 Å². The molecule has 0 aliphatic carbocycles. The molecule has 0 saturated heterocycles. The van der Waals surface area contributed by atoms with E-state index in [1.54, 1.807) is 19.1 Å². The fourth-order valence-electron chi connectivity index (χ4n) is 3.74. The molecule has 0 unspecified atom stereocenters. The lowest BCUT2D eigenvalue weighted by atomic mass is 10.1. The number of hydrogen-bond donors (Lipinski definition) is 1. The highest BCUT2D eigenvalue weighted by atomic mass is 32.2. The van der Waals surface area contributed by atoms with Crippen LogP contribution in [-0.2, 0) is 9.53 Å². The Balaban J connectivity index is 2.04. The van der Waals surface area contributed by atoms with E-state index in [9.17, 15) is 9.59 Å². The maximum atomic E-state index is 14.0. The normalized spacial score (nSPS) is 17.5. The van der Waals surface area contributed by atoms with E-state index in [4.69, 9.17) is 14.2 Å². The van der Waals surface area contributed by atoms with Crippen LogP contribution in [0.1, 0.15) is 30.6 Å². The predicted octanol–water partition coefficient (Wildman–Crippen LogP) is 4.34. The fraction of sp³-hybridized carbons (Fsp3) is 0.462. The van der Waals surface area contributed by atoms with Crippen LogP contribution in [0, 0.1) is 0 Å². The lowest BCUT2D eigenvalue weighted by Crippen LogP contribution is -2.46. The minimum atomic E-state index is -1.02. The number of amides is 2. The molecule has 0 saturated carbocycles. The molecule has 9 heteroatoms. The van der Waals surface area contributed by atoms with Crippen molar-refractivity contribution in [2.24, 2.45) is 0 Å². The highest BCUT2D eigenvalue weighted by molar-refractivity contribution is 7.99. The van der Waals surface area contributed by atoms with Crippen LogP contribution in [0.25, 0.3) is 0 Å². The minimum Gasteiger partial charge on any atom is -0.497 e. The average Bonchev–Trinajstić information content (AvgIpc) is 2.97. The molecule has 2 atom stereocenters. The van der Waals surface area contributed by atoms with Gasteiger partial charge in [-0.3, -0.25) is 4.79 Å². The number of nitrogens with one attached hydrogen (secondary N) is 1. The number of rotatable bonds is 10. The van der Waals surface area contributed by atoms with Gasteiger partial charge in [0.25, 0.3) is 5.91 Å². The van der Waals surface area contributed by atoms with Crippen molar-refractivity contribution in [3.05, 3.63) is 48.0 Å². The second kappa shape index (κ2) is 12.7. The van der Waals surface area contributed by atoms with Gasteiger partial charge in [-0.15, -0.1) is 11.8 Å². The van der Waals surface area contributed by atoms with Gasteiger partial charge >= 0.3 is 6.09 Å². The van der Waals surface area contributed by atoms with Crippen LogP contribution >= 0.6 is 11.8 Å². The van der Waals surface area contributed by atoms with Crippen molar-refractivity contribution < 1.29 is 23.8 Å². The predicted molar refractivity (Wildman–Crippen MR) is 139 cm³/mol. The van der Waals surface area contributed by atoms with E-state index in [1.807, 2.05) is 68.4 Å². The molecule has 0 radical (unpaired) electrons. The van der Waals surface area contributed by atoms with E-state index in [1.165, 1.54) is 11.8 Å². The van der Waals surface area contributed by atoms with E-state index in [2.05, 4.69) is 5.32 Å². The zero-order valence-corrected chi connectivity index (χ0v) is 21.9. The molecule has 3 rings (SSSR count). The molecule has 0 fully saturated rings. The Bertz CT molecular complexity index is 999. The van der Waals surface area contributed by atoms with Crippen LogP contribution in [0.4, 0.5) is 10.5 Å². The number of nitrogens with zero attached hydrogens (tertiary/aromatic N) is 2. The maximum Gasteiger partial charge on any atom is 0.407 e. The van der Waals surface area contributed by atoms with Crippen molar-refractivity contribution >= 4 is 29.4 Å². The van der Waals surface area contributed by atoms with Crippen LogP contribution in [0.15, 0.2) is 47.4 Å². The number of ether oxygens (including phenoxy) is 3. The summed E-state index contributed by atoms with van der Waals surface area (Å²) in [6.45, 7) is 3.64. The number of likely N-dealkylation sites (N-methyl/N-ethyl adjacent to an activating group) is 1. The second-order valence-corrected chi connectivity index (χ2v) is 9.73. The molecule has 0 bridgehead atoms. The van der Waals surface area contributed by atoms with Gasteiger partial charge in [-0.1, -0.05) is 25.5 Å². The van der Waals surface area contributed by atoms with Crippen LogP contribution in [0.3, 0.4) is 0 Å². The Morgan fingerprint density at radius 1 is 1.09 bits per heavy atom. The summed E-state index contributed by atoms with van der Waals surface area (Å²) < 4.78 is 16.6. The number of benzene rings is 2. The lowest BCUT2D eigenvalue weighted by molar-refractivity contribution is -0.126. The molecule has 1 N–H and O–H groups in total. The number of unbranched alkanes of at least 4 members (excludes halogenated alkanes) is 1. The summed E-state index contributed by atoms with van der Waals surface area (Å²) in [6, 6.07) is 13.2. The largest absolute Gasteiger partial charge is 0.497 e. The molecule has 2 amide bonds. The molecule has 0 aromatic heterocycles. The van der Waals surface area contributed by atoms with Gasteiger partial charge < -0.3 is 29.3 Å². The lowest BCUT2D eigenvalue weighted by Gasteiger charge is -2.28. The first-order valence-electron chi connectivity index (χ1n) is 11.8. The molecule has 1 aliphatic rings. The molecule has 190 valence electrons. The third-order valence-electron chi connectivity index (χ3n) is 5.74. The van der Waals surface area contributed by atoms with Crippen molar-refractivity contribution in [2.75, 3.05) is 52.8 Å². The number of carbonyl (C=O) groups is 2. The Kier molecular flexibility index (Phi) is 9.68. The third kappa shape index (κ3) is 6.82. The first-order valence-corrected chi connectivity index (χ1v) is 12.6. The summed E-state index contributed by atoms with van der Waals surface area (Å²) in [5, 5.41) is 2.33. The third-order valence-corrected chi connectivity index (χ3v) is 7.12. The summed E-state index contributed by atoms with van der Waals surface area (Å²) in [5.41, 5.74) is 1.61. The number of alkyl carbamates (subject to hydrolysis) is 1. The van der Waals surface area contributed by atoms with Crippen molar-refractivity contribution in [1.82, 2.24) is 10.2 Å². The molecular formula is C26H35N3O5S. The van der Waals surface area contributed by atoms with Gasteiger partial charge in [-0.05, 0) is 50.3 Å². The van der Waals surface area contributed by atoms with Gasteiger partial charge in [0.05, 0.1) is 25.2 Å². The van der Waals surface area contributed by atoms with E-state index >= 15 is 0 Å². The summed E-state index contributed by atoms with van der Waals surface area (Å²) in [7, 11) is 7.12. The van der Waals surface area contributed by atoms with Gasteiger partial charge in [-0.25, -0.2) is 4.79 Å². The monoisotopic (exact) mass is 501 g/mol. The average molecular weight is 502 g/mol. The molecule has 2 aromatic carbocycles. The van der Waals surface area contributed by atoms with Crippen molar-refractivity contribution in [2.45, 2.75) is 36.0 Å². The van der Waals surface area contributed by atoms with Gasteiger partial charge in [-0.2, -0.15) is 0 Å². The Hall–Kier alpha value is -2.91. The number of thioether (sulfide) groups is 1. The van der Waals surface area contributed by atoms with Crippen LogP contribution < -0.4 is 19.7 Å². The highest BCUT2D eigenvalue weighted by Gasteiger charge is 2.41. The zero-order valence-electron chi connectivity index (χ0n) is 21.1. The Morgan fingerprint density at radius 3 is 2.40 bits per heavy atom. The second-order valence-electron chi connectivity index (χ2n) is 8.54. The van der Waals surface area contributed by atoms with Gasteiger partial charge in [0.1, 0.15) is 11.5 Å². The molecule has 1 heterocycles. The van der Waals surface area contributed by atoms with Crippen molar-refractivity contribution in [3.63, 3.8) is 0 Å². The fourth-order valence-corrected chi connectivity index (χ4v) is 5.04. The topological polar surface area (TPSA) is 80.3 Å². The zero-order chi connectivity index (χ0) is 25.4. The molecule has 35 heavy (non-hydrogen) atoms. The number of anilines is 1. The van der Waals surface area contributed by atoms with Crippen molar-refractivity contribution in [3.8, 4) is 11.5 Å². The maximum absolute atomic E-state index is 14.0. The number of methoxy groups -OCH3 is 2. The quantitative estimate of drug-likeness (QED) is 0.485. The molecule has 2 aromatic rings. The summed E-state index contributed by atoms with van der Waals surface area (Å²) in [4.78, 5) is 31.4. The van der Waals surface area contributed by atoms with Crippen LogP contribution in [0.5, 0.6) is 11.5 Å². The SMILES string of the molecule is CCCCNC(=O)O[C@@H]1C(=O)N(CCN(C)C)c2cc(OC)ccc2S[C@@H]1c1ccc(OC)cc1. The number of hydrogen-bond acceptors (Lipinski definition) is 7. The minimum absolute atomic E-state index is 0.266. The molecular weight excluding hydrogens is 466 g/mol. The smallest absolute Gasteiger partial charge is 0.407 e. The van der Waals surface area contributed by atoms with Crippen LogP contribution in [0.2, 0.25) is 0 Å². The van der Waals surface area contributed by atoms with E-state index in [0.29, 0.717) is 31.1 Å². The summed E-state index contributed by atoms with van der Waals surface area (Å²) in [6.07, 6.45) is 0.176. The Labute approximate surface area is 211 Å². The Morgan fingerprint density at radius 2 is 1.77 bits per heavy atom.